The maximum absolute atomic E-state index is 10.8. The van der Waals surface area contributed by atoms with E-state index in [0.29, 0.717) is 16.5 Å². The SMILES string of the molecule is Oc1ccc(-c2cc(O)c3cccc(O)c3c2)cc1C12CC3CC(CC(C3)C1)C2. The molecule has 0 aliphatic heterocycles. The van der Waals surface area contributed by atoms with Crippen LogP contribution in [0.4, 0.5) is 0 Å². The Kier molecular flexibility index (Phi) is 3.51. The average Bonchev–Trinajstić information content (AvgIpc) is 2.68. The van der Waals surface area contributed by atoms with Crippen molar-refractivity contribution < 1.29 is 15.3 Å². The summed E-state index contributed by atoms with van der Waals surface area (Å²) in [5.74, 6) is 3.17. The van der Waals surface area contributed by atoms with Gasteiger partial charge in [0.1, 0.15) is 17.2 Å². The molecule has 3 aromatic carbocycles. The van der Waals surface area contributed by atoms with Crippen LogP contribution in [-0.4, -0.2) is 15.3 Å². The Labute approximate surface area is 170 Å². The van der Waals surface area contributed by atoms with Crippen molar-refractivity contribution in [2.45, 2.75) is 43.9 Å². The molecule has 7 rings (SSSR count). The van der Waals surface area contributed by atoms with Gasteiger partial charge in [-0.2, -0.15) is 0 Å². The van der Waals surface area contributed by atoms with Gasteiger partial charge in [0.15, 0.2) is 0 Å². The first-order chi connectivity index (χ1) is 14.0. The van der Waals surface area contributed by atoms with Crippen LogP contribution in [0, 0.1) is 17.8 Å². The summed E-state index contributed by atoms with van der Waals surface area (Å²) in [6.45, 7) is 0. The molecule has 0 atom stereocenters. The zero-order valence-corrected chi connectivity index (χ0v) is 16.4. The molecule has 0 saturated heterocycles. The Hall–Kier alpha value is -2.68. The van der Waals surface area contributed by atoms with Crippen molar-refractivity contribution in [3.63, 3.8) is 0 Å². The van der Waals surface area contributed by atoms with E-state index in [1.807, 2.05) is 24.3 Å². The van der Waals surface area contributed by atoms with E-state index in [2.05, 4.69) is 6.07 Å². The second-order valence-corrected chi connectivity index (χ2v) is 9.80. The minimum Gasteiger partial charge on any atom is -0.508 e. The molecule has 3 N–H and O–H groups in total. The highest BCUT2D eigenvalue weighted by atomic mass is 16.3. The molecule has 0 unspecified atom stereocenters. The van der Waals surface area contributed by atoms with Crippen LogP contribution >= 0.6 is 0 Å². The minimum atomic E-state index is 0.107. The van der Waals surface area contributed by atoms with Crippen LogP contribution < -0.4 is 0 Å². The molecule has 0 spiro atoms. The second-order valence-electron chi connectivity index (χ2n) is 9.80. The van der Waals surface area contributed by atoms with Gasteiger partial charge >= 0.3 is 0 Å². The normalized spacial score (nSPS) is 30.1. The van der Waals surface area contributed by atoms with Crippen molar-refractivity contribution in [2.75, 3.05) is 0 Å². The van der Waals surface area contributed by atoms with Crippen molar-refractivity contribution in [3.05, 3.63) is 54.1 Å². The zero-order valence-electron chi connectivity index (χ0n) is 16.4. The summed E-state index contributed by atoms with van der Waals surface area (Å²) in [5, 5.41) is 32.9. The Balaban J connectivity index is 1.48. The predicted molar refractivity (Wildman–Crippen MR) is 114 cm³/mol. The monoisotopic (exact) mass is 386 g/mol. The Morgan fingerprint density at radius 1 is 0.621 bits per heavy atom. The fourth-order valence-corrected chi connectivity index (χ4v) is 7.10. The molecular formula is C26H26O3. The van der Waals surface area contributed by atoms with Crippen LogP contribution in [-0.2, 0) is 5.41 Å². The molecule has 4 fully saturated rings. The first-order valence-corrected chi connectivity index (χ1v) is 10.8. The van der Waals surface area contributed by atoms with E-state index < -0.39 is 0 Å². The van der Waals surface area contributed by atoms with Gasteiger partial charge < -0.3 is 15.3 Å². The largest absolute Gasteiger partial charge is 0.508 e. The molecule has 0 radical (unpaired) electrons. The molecule has 3 aromatic rings. The number of hydrogen-bond donors (Lipinski definition) is 3. The van der Waals surface area contributed by atoms with Gasteiger partial charge in [0.25, 0.3) is 0 Å². The highest BCUT2D eigenvalue weighted by Crippen LogP contribution is 2.62. The minimum absolute atomic E-state index is 0.107. The quantitative estimate of drug-likeness (QED) is 0.499. The number of hydrogen-bond acceptors (Lipinski definition) is 3. The van der Waals surface area contributed by atoms with Gasteiger partial charge in [0, 0.05) is 16.3 Å². The van der Waals surface area contributed by atoms with Gasteiger partial charge in [-0.15, -0.1) is 0 Å². The summed E-state index contributed by atoms with van der Waals surface area (Å²) in [6, 6.07) is 14.8. The fraction of sp³-hybridized carbons (Fsp3) is 0.385. The number of rotatable bonds is 2. The van der Waals surface area contributed by atoms with E-state index in [1.54, 1.807) is 18.2 Å². The first-order valence-electron chi connectivity index (χ1n) is 10.8. The molecule has 0 aromatic heterocycles. The van der Waals surface area contributed by atoms with E-state index >= 15 is 0 Å². The van der Waals surface area contributed by atoms with Crippen molar-refractivity contribution in [2.24, 2.45) is 17.8 Å². The lowest BCUT2D eigenvalue weighted by Crippen LogP contribution is -2.48. The molecule has 148 valence electrons. The summed E-state index contributed by atoms with van der Waals surface area (Å²) in [4.78, 5) is 0. The van der Waals surface area contributed by atoms with Gasteiger partial charge in [-0.1, -0.05) is 18.2 Å². The Morgan fingerprint density at radius 3 is 2.00 bits per heavy atom. The lowest BCUT2D eigenvalue weighted by Gasteiger charge is -2.57. The topological polar surface area (TPSA) is 60.7 Å². The van der Waals surface area contributed by atoms with E-state index in [1.165, 1.54) is 38.5 Å². The molecule has 3 heteroatoms. The van der Waals surface area contributed by atoms with Gasteiger partial charge in [0.2, 0.25) is 0 Å². The van der Waals surface area contributed by atoms with Crippen LogP contribution in [0.15, 0.2) is 48.5 Å². The third-order valence-corrected chi connectivity index (χ3v) is 7.89. The lowest BCUT2D eigenvalue weighted by molar-refractivity contribution is -0.00611. The predicted octanol–water partition coefficient (Wildman–Crippen LogP) is 6.09. The summed E-state index contributed by atoms with van der Waals surface area (Å²) < 4.78 is 0. The maximum Gasteiger partial charge on any atom is 0.124 e. The number of aromatic hydroxyl groups is 3. The van der Waals surface area contributed by atoms with E-state index in [-0.39, 0.29) is 16.9 Å². The van der Waals surface area contributed by atoms with Gasteiger partial charge in [0.05, 0.1) is 0 Å². The fourth-order valence-electron chi connectivity index (χ4n) is 7.10. The number of phenols is 3. The molecular weight excluding hydrogens is 360 g/mol. The molecule has 4 aliphatic rings. The molecule has 29 heavy (non-hydrogen) atoms. The van der Waals surface area contributed by atoms with Crippen molar-refractivity contribution in [3.8, 4) is 28.4 Å². The van der Waals surface area contributed by atoms with Crippen molar-refractivity contribution >= 4 is 10.8 Å². The third kappa shape index (κ3) is 2.56. The van der Waals surface area contributed by atoms with Crippen LogP contribution in [0.3, 0.4) is 0 Å². The molecule has 0 amide bonds. The Morgan fingerprint density at radius 2 is 1.31 bits per heavy atom. The van der Waals surface area contributed by atoms with Crippen molar-refractivity contribution in [1.82, 2.24) is 0 Å². The number of phenolic OH excluding ortho intramolecular Hbond substituents is 3. The molecule has 0 heterocycles. The standard InChI is InChI=1S/C26H26O3/c27-23-3-1-2-20-21(23)9-19(11-25(20)29)18-4-5-24(28)22(10-18)26-12-15-6-16(13-26)8-17(7-15)14-26/h1-5,9-11,15-17,27-29H,6-8,12-14H2. The molecule has 3 nitrogen and oxygen atoms in total. The van der Waals surface area contributed by atoms with Crippen LogP contribution in [0.2, 0.25) is 0 Å². The zero-order chi connectivity index (χ0) is 19.8. The summed E-state index contributed by atoms with van der Waals surface area (Å²) in [5.41, 5.74) is 3.04. The van der Waals surface area contributed by atoms with E-state index in [4.69, 9.17) is 0 Å². The van der Waals surface area contributed by atoms with E-state index in [9.17, 15) is 15.3 Å². The number of fused-ring (bicyclic) bond motifs is 1. The van der Waals surface area contributed by atoms with E-state index in [0.717, 1.165) is 34.4 Å². The summed E-state index contributed by atoms with van der Waals surface area (Å²) >= 11 is 0. The third-order valence-electron chi connectivity index (χ3n) is 7.89. The summed E-state index contributed by atoms with van der Waals surface area (Å²) in [7, 11) is 0. The molecule has 4 aliphatic carbocycles. The average molecular weight is 386 g/mol. The maximum atomic E-state index is 10.8. The van der Waals surface area contributed by atoms with Crippen LogP contribution in [0.5, 0.6) is 17.2 Å². The highest BCUT2D eigenvalue weighted by Gasteiger charge is 2.52. The summed E-state index contributed by atoms with van der Waals surface area (Å²) in [6.07, 6.45) is 7.70. The van der Waals surface area contributed by atoms with Gasteiger partial charge in [-0.3, -0.25) is 0 Å². The van der Waals surface area contributed by atoms with Gasteiger partial charge in [-0.05, 0) is 103 Å². The lowest BCUT2D eigenvalue weighted by atomic mass is 9.48. The van der Waals surface area contributed by atoms with Crippen LogP contribution in [0.25, 0.3) is 21.9 Å². The van der Waals surface area contributed by atoms with Gasteiger partial charge in [-0.25, -0.2) is 0 Å². The van der Waals surface area contributed by atoms with Crippen molar-refractivity contribution in [1.29, 1.82) is 0 Å². The van der Waals surface area contributed by atoms with Crippen LogP contribution in [0.1, 0.15) is 44.1 Å². The second kappa shape index (κ2) is 5.91. The smallest absolute Gasteiger partial charge is 0.124 e. The highest BCUT2D eigenvalue weighted by molar-refractivity contribution is 5.96. The molecule has 4 saturated carbocycles. The first kappa shape index (κ1) is 17.2. The Bertz CT molecular complexity index is 1090. The number of benzene rings is 3. The molecule has 4 bridgehead atoms.